The minimum Gasteiger partial charge on any atom is -0.394 e. The number of thioether (sulfide) groups is 1. The van der Waals surface area contributed by atoms with E-state index in [4.69, 9.17) is 5.11 Å². The predicted molar refractivity (Wildman–Crippen MR) is 107 cm³/mol. The molecule has 0 radical (unpaired) electrons. The van der Waals surface area contributed by atoms with E-state index in [2.05, 4.69) is 15.3 Å². The molecule has 146 valence electrons. The van der Waals surface area contributed by atoms with Crippen LogP contribution in [0.15, 0.2) is 57.3 Å². The van der Waals surface area contributed by atoms with Crippen molar-refractivity contribution in [2.24, 2.45) is 4.99 Å². The quantitative estimate of drug-likeness (QED) is 0.466. The summed E-state index contributed by atoms with van der Waals surface area (Å²) >= 11 is 0.462. The topological polar surface area (TPSA) is 79.0 Å². The van der Waals surface area contributed by atoms with Crippen molar-refractivity contribution in [2.75, 3.05) is 18.5 Å². The van der Waals surface area contributed by atoms with Gasteiger partial charge in [-0.1, -0.05) is 17.8 Å². The van der Waals surface area contributed by atoms with E-state index >= 15 is 0 Å². The number of benzene rings is 1. The van der Waals surface area contributed by atoms with Crippen LogP contribution in [0.3, 0.4) is 0 Å². The second-order valence-electron chi connectivity index (χ2n) is 5.85. The Morgan fingerprint density at radius 2 is 2.07 bits per heavy atom. The molecule has 0 spiro atoms. The van der Waals surface area contributed by atoms with Gasteiger partial charge in [0.15, 0.2) is 0 Å². The van der Waals surface area contributed by atoms with Crippen LogP contribution < -0.4 is 10.9 Å². The third kappa shape index (κ3) is 4.55. The number of aryl methyl sites for hydroxylation is 1. The highest BCUT2D eigenvalue weighted by Gasteiger charge is 2.13. The van der Waals surface area contributed by atoms with Gasteiger partial charge >= 0.3 is 0 Å². The van der Waals surface area contributed by atoms with E-state index in [9.17, 15) is 13.6 Å². The van der Waals surface area contributed by atoms with Crippen LogP contribution in [0.1, 0.15) is 11.1 Å². The Morgan fingerprint density at radius 3 is 2.75 bits per heavy atom. The van der Waals surface area contributed by atoms with Crippen LogP contribution in [0.5, 0.6) is 0 Å². The number of hydrogen-bond acceptors (Lipinski definition) is 6. The molecule has 0 saturated heterocycles. The lowest BCUT2D eigenvalue weighted by molar-refractivity contribution is 0.252. The number of pyridine rings is 1. The molecule has 2 N–H and O–H groups in total. The maximum absolute atomic E-state index is 12.9. The van der Waals surface area contributed by atoms with E-state index < -0.39 is 5.76 Å². The van der Waals surface area contributed by atoms with E-state index in [-0.39, 0.29) is 24.3 Å². The average Bonchev–Trinajstić information content (AvgIpc) is 2.66. The number of aromatic nitrogens is 2. The normalized spacial score (nSPS) is 11.6. The summed E-state index contributed by atoms with van der Waals surface area (Å²) in [6.07, 6.45) is 3.00. The number of rotatable bonds is 7. The zero-order chi connectivity index (χ0) is 20.1. The molecule has 9 heteroatoms. The Bertz CT molecular complexity index is 1050. The van der Waals surface area contributed by atoms with Gasteiger partial charge in [-0.15, -0.1) is 0 Å². The van der Waals surface area contributed by atoms with E-state index in [1.54, 1.807) is 36.5 Å². The van der Waals surface area contributed by atoms with Crippen molar-refractivity contribution in [3.05, 3.63) is 64.1 Å². The molecular formula is C19H18F2N4O2S. The molecule has 6 nitrogen and oxygen atoms in total. The van der Waals surface area contributed by atoms with Crippen LogP contribution in [0.2, 0.25) is 0 Å². The Hall–Kier alpha value is -2.78. The number of hydrogen-bond donors (Lipinski definition) is 2. The highest BCUT2D eigenvalue weighted by atomic mass is 32.2. The lowest BCUT2D eigenvalue weighted by Gasteiger charge is -2.12. The fraction of sp³-hybridized carbons (Fsp3) is 0.211. The number of nitrogens with one attached hydrogen (secondary N) is 1. The van der Waals surface area contributed by atoms with E-state index in [1.165, 1.54) is 10.6 Å². The Morgan fingerprint density at radius 1 is 1.32 bits per heavy atom. The summed E-state index contributed by atoms with van der Waals surface area (Å²) in [5.41, 5.74) is 1.86. The van der Waals surface area contributed by atoms with Crippen molar-refractivity contribution in [3.63, 3.8) is 0 Å². The minimum atomic E-state index is -2.49. The zero-order valence-electron chi connectivity index (χ0n) is 15.0. The first kappa shape index (κ1) is 20.0. The molecule has 0 unspecified atom stereocenters. The van der Waals surface area contributed by atoms with Crippen LogP contribution in [0.4, 0.5) is 20.3 Å². The Labute approximate surface area is 164 Å². The van der Waals surface area contributed by atoms with Gasteiger partial charge in [0.25, 0.3) is 11.3 Å². The molecule has 0 amide bonds. The molecule has 0 fully saturated rings. The molecular weight excluding hydrogens is 386 g/mol. The number of alkyl halides is 2. The number of aliphatic hydroxyl groups excluding tert-OH is 1. The van der Waals surface area contributed by atoms with Crippen LogP contribution in [0.25, 0.3) is 5.65 Å². The number of aliphatic imine (C=N–C) groups is 1. The molecule has 2 aromatic heterocycles. The van der Waals surface area contributed by atoms with Crippen molar-refractivity contribution in [3.8, 4) is 0 Å². The summed E-state index contributed by atoms with van der Waals surface area (Å²) in [4.78, 5) is 21.9. The van der Waals surface area contributed by atoms with Crippen LogP contribution in [-0.2, 0) is 0 Å². The fourth-order valence-electron chi connectivity index (χ4n) is 2.59. The predicted octanol–water partition coefficient (Wildman–Crippen LogP) is 3.47. The molecule has 0 atom stereocenters. The van der Waals surface area contributed by atoms with Gasteiger partial charge in [0, 0.05) is 23.0 Å². The van der Waals surface area contributed by atoms with Crippen molar-refractivity contribution in [1.82, 2.24) is 9.38 Å². The maximum atomic E-state index is 12.9. The summed E-state index contributed by atoms with van der Waals surface area (Å²) in [7, 11) is 0. The van der Waals surface area contributed by atoms with Crippen molar-refractivity contribution in [2.45, 2.75) is 17.6 Å². The molecule has 3 aromatic rings. The van der Waals surface area contributed by atoms with Crippen molar-refractivity contribution in [1.29, 1.82) is 0 Å². The summed E-state index contributed by atoms with van der Waals surface area (Å²) in [5.74, 6) is -2.19. The van der Waals surface area contributed by atoms with Gasteiger partial charge in [0.2, 0.25) is 0 Å². The van der Waals surface area contributed by atoms with Gasteiger partial charge in [-0.25, -0.2) is 4.98 Å². The van der Waals surface area contributed by atoms with Gasteiger partial charge in [0.05, 0.1) is 13.2 Å². The second kappa shape index (κ2) is 8.94. The highest BCUT2D eigenvalue weighted by molar-refractivity contribution is 7.99. The lowest BCUT2D eigenvalue weighted by atomic mass is 10.2. The highest BCUT2D eigenvalue weighted by Crippen LogP contribution is 2.27. The Balaban J connectivity index is 2.03. The monoisotopic (exact) mass is 404 g/mol. The molecule has 0 saturated carbocycles. The van der Waals surface area contributed by atoms with Crippen LogP contribution in [0, 0.1) is 6.92 Å². The Kier molecular flexibility index (Phi) is 6.37. The molecule has 3 rings (SSSR count). The third-order valence-corrected chi connectivity index (χ3v) is 4.60. The standard InChI is InChI=1S/C19H18F2N4O2S/c1-12-3-2-9-25-17(12)24-16(15(18(25)27)11-22-8-10-26)23-13-4-6-14(7-5-13)28-19(20)21/h2-7,9,11,19,23,26H,8,10H2,1H3. The number of aliphatic hydroxyl groups is 1. The molecule has 0 aliphatic rings. The first-order valence-corrected chi connectivity index (χ1v) is 9.32. The summed E-state index contributed by atoms with van der Waals surface area (Å²) in [5, 5.41) is 12.0. The van der Waals surface area contributed by atoms with E-state index in [0.29, 0.717) is 33.8 Å². The summed E-state index contributed by atoms with van der Waals surface area (Å²) < 4.78 is 26.4. The molecule has 1 aromatic carbocycles. The van der Waals surface area contributed by atoms with Gasteiger partial charge in [-0.3, -0.25) is 14.2 Å². The van der Waals surface area contributed by atoms with Gasteiger partial charge in [-0.05, 0) is 42.8 Å². The third-order valence-electron chi connectivity index (χ3n) is 3.88. The first-order chi connectivity index (χ1) is 13.5. The van der Waals surface area contributed by atoms with Gasteiger partial charge in [0.1, 0.15) is 17.0 Å². The fourth-order valence-corrected chi connectivity index (χ4v) is 3.09. The maximum Gasteiger partial charge on any atom is 0.288 e. The van der Waals surface area contributed by atoms with Crippen LogP contribution in [-0.4, -0.2) is 39.6 Å². The molecule has 0 aliphatic heterocycles. The lowest BCUT2D eigenvalue weighted by Crippen LogP contribution is -2.22. The first-order valence-electron chi connectivity index (χ1n) is 8.44. The van der Waals surface area contributed by atoms with Crippen molar-refractivity contribution >= 4 is 35.1 Å². The minimum absolute atomic E-state index is 0.135. The largest absolute Gasteiger partial charge is 0.394 e. The second-order valence-corrected chi connectivity index (χ2v) is 6.91. The number of anilines is 2. The molecule has 0 bridgehead atoms. The number of nitrogens with zero attached hydrogens (tertiary/aromatic N) is 3. The van der Waals surface area contributed by atoms with Crippen molar-refractivity contribution < 1.29 is 13.9 Å². The van der Waals surface area contributed by atoms with Gasteiger partial charge in [-0.2, -0.15) is 8.78 Å². The smallest absolute Gasteiger partial charge is 0.288 e. The van der Waals surface area contributed by atoms with Crippen LogP contribution >= 0.6 is 11.8 Å². The molecule has 28 heavy (non-hydrogen) atoms. The molecule has 0 aliphatic carbocycles. The SMILES string of the molecule is Cc1cccn2c(=O)c(C=NCCO)c(Nc3ccc(SC(F)F)cc3)nc12. The summed E-state index contributed by atoms with van der Waals surface area (Å²) in [6.45, 7) is 1.88. The summed E-state index contributed by atoms with van der Waals surface area (Å²) in [6, 6.07) is 10.0. The van der Waals surface area contributed by atoms with Gasteiger partial charge < -0.3 is 10.4 Å². The van der Waals surface area contributed by atoms with E-state index in [1.807, 2.05) is 13.0 Å². The number of halogens is 2. The zero-order valence-corrected chi connectivity index (χ0v) is 15.8. The van der Waals surface area contributed by atoms with E-state index in [0.717, 1.165) is 5.56 Å². The molecule has 2 heterocycles. The number of fused-ring (bicyclic) bond motifs is 1. The average molecular weight is 404 g/mol.